The Kier molecular flexibility index (Phi) is 3.93. The Hall–Kier alpha value is -3.16. The second kappa shape index (κ2) is 6.39. The van der Waals surface area contributed by atoms with Crippen molar-refractivity contribution in [2.75, 3.05) is 13.1 Å². The lowest BCUT2D eigenvalue weighted by molar-refractivity contribution is -0.131. The predicted molar refractivity (Wildman–Crippen MR) is 87.7 cm³/mol. The van der Waals surface area contributed by atoms with Gasteiger partial charge in [0.25, 0.3) is 5.91 Å². The number of carbonyl (C=O) groups is 2. The summed E-state index contributed by atoms with van der Waals surface area (Å²) in [7, 11) is 0. The van der Waals surface area contributed by atoms with E-state index < -0.39 is 0 Å². The van der Waals surface area contributed by atoms with Crippen LogP contribution >= 0.6 is 0 Å². The number of fused-ring (bicyclic) bond motifs is 1. The minimum atomic E-state index is -0.328. The second-order valence-electron chi connectivity index (χ2n) is 5.93. The summed E-state index contributed by atoms with van der Waals surface area (Å²) in [6.07, 6.45) is 6.39. The Morgan fingerprint density at radius 3 is 3.04 bits per heavy atom. The molecule has 0 aromatic carbocycles. The SMILES string of the molecule is O=C(NCC(=O)N1CCCC1c1nnc2ccccn12)c1ccoc1. The number of hydrogen-bond donors (Lipinski definition) is 1. The lowest BCUT2D eigenvalue weighted by Gasteiger charge is -2.23. The van der Waals surface area contributed by atoms with Crippen LogP contribution in [0, 0.1) is 0 Å². The summed E-state index contributed by atoms with van der Waals surface area (Å²) in [4.78, 5) is 26.3. The molecule has 0 radical (unpaired) electrons. The number of amides is 2. The first-order chi connectivity index (χ1) is 12.2. The molecule has 25 heavy (non-hydrogen) atoms. The van der Waals surface area contributed by atoms with E-state index in [0.29, 0.717) is 12.1 Å². The highest BCUT2D eigenvalue weighted by molar-refractivity contribution is 5.96. The van der Waals surface area contributed by atoms with Crippen LogP contribution in [0.1, 0.15) is 35.1 Å². The number of aromatic nitrogens is 3. The molecule has 0 saturated carbocycles. The molecular formula is C17H17N5O3. The molecule has 1 saturated heterocycles. The predicted octanol–water partition coefficient (Wildman–Crippen LogP) is 1.42. The van der Waals surface area contributed by atoms with Gasteiger partial charge in [0.15, 0.2) is 11.5 Å². The minimum absolute atomic E-state index is 0.0583. The van der Waals surface area contributed by atoms with E-state index in [2.05, 4.69) is 15.5 Å². The Bertz CT molecular complexity index is 902. The van der Waals surface area contributed by atoms with E-state index >= 15 is 0 Å². The standard InChI is InChI=1S/C17H17N5O3/c23-15(10-18-17(24)12-6-9-25-11-12)21-8-3-4-13(21)16-20-19-14-5-1-2-7-22(14)16/h1-2,5-7,9,11,13H,3-4,8,10H2,(H,18,24). The molecule has 3 aromatic rings. The van der Waals surface area contributed by atoms with Crippen molar-refractivity contribution in [2.24, 2.45) is 0 Å². The maximum absolute atomic E-state index is 12.6. The molecule has 1 aliphatic rings. The fourth-order valence-electron chi connectivity index (χ4n) is 3.17. The highest BCUT2D eigenvalue weighted by atomic mass is 16.3. The first-order valence-corrected chi connectivity index (χ1v) is 8.13. The van der Waals surface area contributed by atoms with E-state index in [1.54, 1.807) is 11.0 Å². The molecule has 128 valence electrons. The largest absolute Gasteiger partial charge is 0.472 e. The first kappa shape index (κ1) is 15.4. The van der Waals surface area contributed by atoms with Crippen LogP contribution in [0.3, 0.4) is 0 Å². The summed E-state index contributed by atoms with van der Waals surface area (Å²) in [5.41, 5.74) is 1.15. The van der Waals surface area contributed by atoms with Gasteiger partial charge in [-0.1, -0.05) is 6.07 Å². The van der Waals surface area contributed by atoms with Crippen LogP contribution in [0.5, 0.6) is 0 Å². The maximum Gasteiger partial charge on any atom is 0.254 e. The van der Waals surface area contributed by atoms with Crippen molar-refractivity contribution >= 4 is 17.5 Å². The van der Waals surface area contributed by atoms with E-state index in [0.717, 1.165) is 24.3 Å². The van der Waals surface area contributed by atoms with Gasteiger partial charge < -0.3 is 14.6 Å². The fraction of sp³-hybridized carbons (Fsp3) is 0.294. The van der Waals surface area contributed by atoms with Gasteiger partial charge >= 0.3 is 0 Å². The summed E-state index contributed by atoms with van der Waals surface area (Å²) in [5.74, 6) is 0.292. The molecule has 1 aliphatic heterocycles. The highest BCUT2D eigenvalue weighted by Gasteiger charge is 2.33. The van der Waals surface area contributed by atoms with E-state index in [4.69, 9.17) is 4.42 Å². The molecule has 1 atom stereocenters. The molecule has 3 aromatic heterocycles. The molecule has 4 rings (SSSR count). The van der Waals surface area contributed by atoms with E-state index in [-0.39, 0.29) is 24.4 Å². The number of pyridine rings is 1. The second-order valence-corrected chi connectivity index (χ2v) is 5.93. The summed E-state index contributed by atoms with van der Waals surface area (Å²) in [5, 5.41) is 11.1. The molecule has 8 nitrogen and oxygen atoms in total. The molecule has 0 aliphatic carbocycles. The number of likely N-dealkylation sites (tertiary alicyclic amines) is 1. The molecular weight excluding hydrogens is 322 g/mol. The van der Waals surface area contributed by atoms with E-state index in [1.165, 1.54) is 12.5 Å². The Morgan fingerprint density at radius 1 is 1.28 bits per heavy atom. The van der Waals surface area contributed by atoms with Crippen LogP contribution in [0.4, 0.5) is 0 Å². The van der Waals surface area contributed by atoms with Gasteiger partial charge in [0.05, 0.1) is 24.4 Å². The van der Waals surface area contributed by atoms with Gasteiger partial charge in [0, 0.05) is 12.7 Å². The quantitative estimate of drug-likeness (QED) is 0.776. The number of nitrogens with zero attached hydrogens (tertiary/aromatic N) is 4. The number of furan rings is 1. The number of rotatable bonds is 4. The minimum Gasteiger partial charge on any atom is -0.472 e. The highest BCUT2D eigenvalue weighted by Crippen LogP contribution is 2.30. The van der Waals surface area contributed by atoms with Crippen molar-refractivity contribution in [1.82, 2.24) is 24.8 Å². The molecule has 1 unspecified atom stereocenters. The Morgan fingerprint density at radius 2 is 2.20 bits per heavy atom. The third-order valence-corrected chi connectivity index (χ3v) is 4.39. The summed E-state index contributed by atoms with van der Waals surface area (Å²) >= 11 is 0. The van der Waals surface area contributed by atoms with Gasteiger partial charge in [-0.25, -0.2) is 0 Å². The van der Waals surface area contributed by atoms with Gasteiger partial charge in [-0.3, -0.25) is 14.0 Å². The molecule has 1 N–H and O–H groups in total. The molecule has 2 amide bonds. The van der Waals surface area contributed by atoms with Crippen LogP contribution in [0.15, 0.2) is 47.4 Å². The van der Waals surface area contributed by atoms with Crippen LogP contribution in [-0.2, 0) is 4.79 Å². The average molecular weight is 339 g/mol. The van der Waals surface area contributed by atoms with Crippen LogP contribution < -0.4 is 5.32 Å². The zero-order valence-corrected chi connectivity index (χ0v) is 13.5. The zero-order valence-electron chi connectivity index (χ0n) is 13.5. The number of carbonyl (C=O) groups excluding carboxylic acids is 2. The fourth-order valence-corrected chi connectivity index (χ4v) is 3.17. The lowest BCUT2D eigenvalue weighted by atomic mass is 10.2. The topological polar surface area (TPSA) is 92.7 Å². The van der Waals surface area contributed by atoms with Gasteiger partial charge in [-0.2, -0.15) is 0 Å². The van der Waals surface area contributed by atoms with Gasteiger partial charge in [0.2, 0.25) is 5.91 Å². The van der Waals surface area contributed by atoms with Gasteiger partial charge in [-0.05, 0) is 31.0 Å². The molecule has 4 heterocycles. The van der Waals surface area contributed by atoms with Crippen LogP contribution in [0.2, 0.25) is 0 Å². The first-order valence-electron chi connectivity index (χ1n) is 8.13. The van der Waals surface area contributed by atoms with Crippen molar-refractivity contribution in [3.05, 3.63) is 54.4 Å². The maximum atomic E-state index is 12.6. The van der Waals surface area contributed by atoms with Gasteiger partial charge in [-0.15, -0.1) is 10.2 Å². The normalized spacial score (nSPS) is 17.1. The van der Waals surface area contributed by atoms with Crippen LogP contribution in [-0.4, -0.2) is 44.4 Å². The number of hydrogen-bond acceptors (Lipinski definition) is 5. The van der Waals surface area contributed by atoms with Crippen molar-refractivity contribution < 1.29 is 14.0 Å². The van der Waals surface area contributed by atoms with Crippen LogP contribution in [0.25, 0.3) is 5.65 Å². The lowest BCUT2D eigenvalue weighted by Crippen LogP contribution is -2.40. The monoisotopic (exact) mass is 339 g/mol. The van der Waals surface area contributed by atoms with Crippen molar-refractivity contribution in [3.8, 4) is 0 Å². The summed E-state index contributed by atoms with van der Waals surface area (Å²) in [6.45, 7) is 0.587. The molecule has 0 bridgehead atoms. The third kappa shape index (κ3) is 2.86. The van der Waals surface area contributed by atoms with Gasteiger partial charge in [0.1, 0.15) is 6.26 Å². The number of nitrogens with one attached hydrogen (secondary N) is 1. The average Bonchev–Trinajstić information content (AvgIpc) is 3.38. The van der Waals surface area contributed by atoms with Crippen molar-refractivity contribution in [1.29, 1.82) is 0 Å². The third-order valence-electron chi connectivity index (χ3n) is 4.39. The van der Waals surface area contributed by atoms with E-state index in [1.807, 2.05) is 28.8 Å². The Labute approximate surface area is 143 Å². The molecule has 0 spiro atoms. The van der Waals surface area contributed by atoms with E-state index in [9.17, 15) is 9.59 Å². The molecule has 8 heteroatoms. The van der Waals surface area contributed by atoms with Crippen molar-refractivity contribution in [3.63, 3.8) is 0 Å². The molecule has 1 fully saturated rings. The zero-order chi connectivity index (χ0) is 17.2. The Balaban J connectivity index is 1.47. The summed E-state index contributed by atoms with van der Waals surface area (Å²) in [6, 6.07) is 7.11. The van der Waals surface area contributed by atoms with Crippen molar-refractivity contribution in [2.45, 2.75) is 18.9 Å². The summed E-state index contributed by atoms with van der Waals surface area (Å²) < 4.78 is 6.78. The smallest absolute Gasteiger partial charge is 0.254 e.